The number of thiazole rings is 5. The standard InChI is InChI=1S/C25H26FN5S.C25H27FN4S.C23H24FN5S.C22H23FN6S.C20H17BrN4S.5H2/c1-16-4-8-20(30(3)13-18-5-6-18)11-22(16)28-25-29-23(14-32-25)19-7-9-24(21(26)10-19)31-12-17(2)27-15-31;1-6-18-9-16(4)22(11-20(18)15(2)3)28-25-29-23(13-31-25)19-7-8-24(21(26)10-19)30-12-17(5)27-14-30;1-4-28(5-2)19-10-11-20(24)21(12-19)26-23-27-22(14-30-23)17-6-8-18(9-7-17)29-13-16(3)25-15-29;1-4-28(5-2)17-7-8-18(23)19(10-17)26-22-27-20(13-30-22)16-6-9-21(24-11-16)29-12-15(3)25-14-29;1-13-3-4-14(2)17(9-13)23-20-24-18(11-26-20)15-5-7-16(8-6-15)25-10-19(21)22-12-25;;;;;/h4,7-12,14-15,18H,5-6,13H2,1-3H3,(H,28,29);7-15H,6H2,1-5H3,(H,28,29);6-15H,4-5H2,1-3H3,(H,26,27);6-14H,4-5H2,1-3H3,(H,26,27);3-12H,1-2H3,(H,23,24);5*1H. The topological polar surface area (TPSA) is 236 Å². The molecule has 149 heavy (non-hydrogen) atoms. The molecule has 0 amide bonds. The summed E-state index contributed by atoms with van der Waals surface area (Å²) in [6, 6.07) is 58.4. The van der Waals surface area contributed by atoms with Crippen LogP contribution in [0.4, 0.5) is 88.7 Å². The van der Waals surface area contributed by atoms with Gasteiger partial charge in [-0.25, -0.2) is 72.4 Å². The molecule has 11 aromatic heterocycles. The van der Waals surface area contributed by atoms with Gasteiger partial charge in [-0.3, -0.25) is 4.57 Å². The summed E-state index contributed by atoms with van der Waals surface area (Å²) in [7, 11) is 2.15. The first-order valence-electron chi connectivity index (χ1n) is 49.3. The van der Waals surface area contributed by atoms with Gasteiger partial charge in [-0.15, -0.1) is 56.7 Å². The van der Waals surface area contributed by atoms with E-state index in [1.165, 1.54) is 116 Å². The van der Waals surface area contributed by atoms with Crippen LogP contribution in [0.1, 0.15) is 131 Å². The third kappa shape index (κ3) is 26.7. The Kier molecular flexibility index (Phi) is 34.1. The third-order valence-corrected chi connectivity index (χ3v) is 29.5. The van der Waals surface area contributed by atoms with Crippen LogP contribution in [0, 0.1) is 84.6 Å². The number of aromatic nitrogens is 16. The fourth-order valence-corrected chi connectivity index (χ4v) is 20.8. The van der Waals surface area contributed by atoms with Crippen LogP contribution in [-0.2, 0) is 6.42 Å². The summed E-state index contributed by atoms with van der Waals surface area (Å²) in [5.74, 6) is 0.900. The van der Waals surface area contributed by atoms with E-state index in [1.54, 1.807) is 82.7 Å². The van der Waals surface area contributed by atoms with E-state index in [2.05, 4.69) is 258 Å². The van der Waals surface area contributed by atoms with E-state index in [1.807, 2.05) is 154 Å². The minimum atomic E-state index is -0.302. The number of nitrogens with zero attached hydrogens (tertiary/aromatic N) is 19. The average molecular weight is 2160 g/mol. The predicted molar refractivity (Wildman–Crippen MR) is 622 cm³/mol. The molecule has 34 heteroatoms. The van der Waals surface area contributed by atoms with Crippen LogP contribution in [0.15, 0.2) is 282 Å². The van der Waals surface area contributed by atoms with Crippen LogP contribution in [0.3, 0.4) is 0 Å². The zero-order chi connectivity index (χ0) is 105. The Hall–Kier alpha value is -15.1. The number of nitrogens with one attached hydrogen (secondary N) is 5. The Labute approximate surface area is 902 Å². The van der Waals surface area contributed by atoms with Gasteiger partial charge in [-0.2, -0.15) is 0 Å². The lowest BCUT2D eigenvalue weighted by Gasteiger charge is -2.21. The molecule has 772 valence electrons. The number of anilines is 13. The molecular formula is C115H127BrF4N24S5. The summed E-state index contributed by atoms with van der Waals surface area (Å²) >= 11 is 10.9. The molecule has 0 radical (unpaired) electrons. The number of halogens is 5. The van der Waals surface area contributed by atoms with E-state index >= 15 is 0 Å². The molecule has 1 saturated carbocycles. The number of aryl methyl sites for hydroxylation is 9. The largest absolute Gasteiger partial charge is 0.374 e. The highest BCUT2D eigenvalue weighted by atomic mass is 79.9. The van der Waals surface area contributed by atoms with Crippen LogP contribution in [0.2, 0.25) is 0 Å². The van der Waals surface area contributed by atoms with Gasteiger partial charge in [-0.1, -0.05) is 81.4 Å². The third-order valence-electron chi connectivity index (χ3n) is 25.3. The summed E-state index contributed by atoms with van der Waals surface area (Å²) in [5.41, 5.74) is 30.1. The number of pyridine rings is 1. The average Bonchev–Trinajstić information content (AvgIpc) is 1.65. The van der Waals surface area contributed by atoms with Crippen LogP contribution < -0.4 is 41.3 Å². The first-order chi connectivity index (χ1) is 72.0. The second-order valence-electron chi connectivity index (χ2n) is 36.6. The summed E-state index contributed by atoms with van der Waals surface area (Å²) in [5, 5.41) is 30.3. The predicted octanol–water partition coefficient (Wildman–Crippen LogP) is 32.3. The maximum atomic E-state index is 14.8. The zero-order valence-corrected chi connectivity index (χ0v) is 91.5. The lowest BCUT2D eigenvalue weighted by Crippen LogP contribution is -2.21. The minimum Gasteiger partial charge on any atom is -0.374 e. The molecule has 0 atom stereocenters. The summed E-state index contributed by atoms with van der Waals surface area (Å²) in [6.07, 6.45) is 23.5. The monoisotopic (exact) mass is 2160 g/mol. The molecule has 1 aliphatic rings. The molecule has 0 saturated heterocycles. The molecule has 21 rings (SSSR count). The highest BCUT2D eigenvalue weighted by molar-refractivity contribution is 9.10. The zero-order valence-electron chi connectivity index (χ0n) is 85.8. The molecule has 5 N–H and O–H groups in total. The van der Waals surface area contributed by atoms with Gasteiger partial charge in [0.25, 0.3) is 0 Å². The lowest BCUT2D eigenvalue weighted by atomic mass is 9.93. The van der Waals surface area contributed by atoms with Crippen molar-refractivity contribution in [3.63, 3.8) is 0 Å². The fourth-order valence-electron chi connectivity index (χ4n) is 16.8. The summed E-state index contributed by atoms with van der Waals surface area (Å²) < 4.78 is 68.2. The molecule has 0 aliphatic heterocycles. The molecular weight excluding hydrogens is 2030 g/mol. The van der Waals surface area contributed by atoms with Gasteiger partial charge < -0.3 is 59.6 Å². The van der Waals surface area contributed by atoms with Gasteiger partial charge in [0.1, 0.15) is 46.3 Å². The number of benzene rings is 9. The van der Waals surface area contributed by atoms with Crippen LogP contribution in [0.25, 0.3) is 84.9 Å². The number of hydrogen-bond acceptors (Lipinski definition) is 24. The number of imidazole rings is 5. The molecule has 0 spiro atoms. The van der Waals surface area contributed by atoms with Gasteiger partial charge in [-0.05, 0) is 285 Å². The van der Waals surface area contributed by atoms with Crippen molar-refractivity contribution in [1.82, 2.24) is 77.7 Å². The Bertz CT molecular complexity index is 7780. The van der Waals surface area contributed by atoms with Gasteiger partial charge in [0, 0.05) is 184 Å². The van der Waals surface area contributed by atoms with Crippen LogP contribution in [0.5, 0.6) is 0 Å². The maximum absolute atomic E-state index is 14.8. The van der Waals surface area contributed by atoms with Gasteiger partial charge in [0.15, 0.2) is 25.7 Å². The molecule has 0 bridgehead atoms. The van der Waals surface area contributed by atoms with Crippen molar-refractivity contribution in [2.24, 2.45) is 5.92 Å². The van der Waals surface area contributed by atoms with Crippen molar-refractivity contribution in [3.05, 3.63) is 362 Å². The van der Waals surface area contributed by atoms with E-state index < -0.39 is 0 Å². The SMILES string of the molecule is CCN(CC)c1ccc(F)c(Nc2nc(-c3ccc(-n4cnc(C)c4)cc3)cs2)c1.CCN(CC)c1ccc(F)c(Nc2nc(-c3ccc(-n4cnc(C)c4)nc3)cs2)c1.CCc1cc(C)c(Nc2nc(-c3ccc(-n4cnc(C)c4)c(F)c3)cs2)cc1C(C)C.Cc1ccc(C)c(Nc2nc(-c3ccc(-n4cnc(Br)c4)cc3)cs2)c1.Cc1cn(-c2ccc(-c3csc(Nc4cc(N(C)CC5CC5)ccc4C)n3)cc2F)cn1.[HH].[HH].[HH].[HH].[HH]. The van der Waals surface area contributed by atoms with Crippen molar-refractivity contribution in [1.29, 1.82) is 0 Å². The number of hydrogen-bond donors (Lipinski definition) is 5. The Balaban J connectivity index is 0.000000169. The fraction of sp³-hybridized carbons (Fsp3) is 0.226. The lowest BCUT2D eigenvalue weighted by molar-refractivity contribution is 0.618. The van der Waals surface area contributed by atoms with Gasteiger partial charge in [0.05, 0.1) is 93.0 Å². The maximum Gasteiger partial charge on any atom is 0.187 e. The summed E-state index contributed by atoms with van der Waals surface area (Å²) in [4.78, 5) is 55.6. The quantitative estimate of drug-likeness (QED) is 0.0254. The normalized spacial score (nSPS) is 11.5. The van der Waals surface area contributed by atoms with E-state index in [0.717, 1.165) is 195 Å². The molecule has 11 heterocycles. The van der Waals surface area contributed by atoms with E-state index in [4.69, 9.17) is 15.0 Å². The molecule has 0 unspecified atom stereocenters. The second-order valence-corrected chi connectivity index (χ2v) is 41.7. The van der Waals surface area contributed by atoms with Crippen molar-refractivity contribution in [2.45, 2.75) is 129 Å². The first kappa shape index (κ1) is 105. The van der Waals surface area contributed by atoms with Crippen molar-refractivity contribution in [2.75, 3.05) is 81.1 Å². The van der Waals surface area contributed by atoms with Crippen molar-refractivity contribution >= 4 is 144 Å². The highest BCUT2D eigenvalue weighted by Gasteiger charge is 2.25. The molecule has 20 aromatic rings. The number of rotatable bonds is 31. The highest BCUT2D eigenvalue weighted by Crippen LogP contribution is 2.41. The molecule has 1 aliphatic carbocycles. The molecule has 1 fully saturated rings. The van der Waals surface area contributed by atoms with Crippen molar-refractivity contribution in [3.8, 4) is 84.9 Å². The van der Waals surface area contributed by atoms with E-state index in [0.29, 0.717) is 38.9 Å². The minimum absolute atomic E-state index is 0. The van der Waals surface area contributed by atoms with Crippen molar-refractivity contribution < 1.29 is 24.7 Å². The summed E-state index contributed by atoms with van der Waals surface area (Å²) in [6.45, 7) is 35.6. The van der Waals surface area contributed by atoms with E-state index in [9.17, 15) is 17.6 Å². The second kappa shape index (κ2) is 48.3. The molecule has 24 nitrogen and oxygen atoms in total. The molecule has 9 aromatic carbocycles. The van der Waals surface area contributed by atoms with Crippen LogP contribution >= 0.6 is 72.6 Å². The van der Waals surface area contributed by atoms with Crippen LogP contribution in [-0.4, -0.2) is 117 Å². The van der Waals surface area contributed by atoms with Gasteiger partial charge >= 0.3 is 0 Å². The first-order valence-corrected chi connectivity index (χ1v) is 54.5. The van der Waals surface area contributed by atoms with Gasteiger partial charge in [0.2, 0.25) is 0 Å². The Morgan fingerprint density at radius 1 is 0.369 bits per heavy atom. The Morgan fingerprint density at radius 2 is 0.745 bits per heavy atom. The Morgan fingerprint density at radius 3 is 1.14 bits per heavy atom. The van der Waals surface area contributed by atoms with E-state index in [-0.39, 0.29) is 30.4 Å². The smallest absolute Gasteiger partial charge is 0.187 e.